The molecule has 1 aliphatic rings. The van der Waals surface area contributed by atoms with Gasteiger partial charge in [-0.1, -0.05) is 66.7 Å². The van der Waals surface area contributed by atoms with Gasteiger partial charge in [0.1, 0.15) is 17.9 Å². The Kier molecular flexibility index (Phi) is 7.00. The summed E-state index contributed by atoms with van der Waals surface area (Å²) >= 11 is 0. The van der Waals surface area contributed by atoms with Crippen molar-refractivity contribution in [2.75, 3.05) is 9.80 Å². The van der Waals surface area contributed by atoms with E-state index in [0.717, 1.165) is 15.4 Å². The Morgan fingerprint density at radius 1 is 0.692 bits per heavy atom. The van der Waals surface area contributed by atoms with E-state index in [0.29, 0.717) is 22.7 Å². The van der Waals surface area contributed by atoms with Crippen LogP contribution in [0.3, 0.4) is 0 Å². The molecule has 4 amide bonds. The van der Waals surface area contributed by atoms with Gasteiger partial charge in [0.05, 0.1) is 16.9 Å². The van der Waals surface area contributed by atoms with Crippen LogP contribution in [0, 0.1) is 0 Å². The van der Waals surface area contributed by atoms with E-state index >= 15 is 0 Å². The van der Waals surface area contributed by atoms with E-state index in [1.54, 1.807) is 97.1 Å². The van der Waals surface area contributed by atoms with E-state index in [-0.39, 0.29) is 17.7 Å². The zero-order valence-corrected chi connectivity index (χ0v) is 20.6. The van der Waals surface area contributed by atoms with Crippen molar-refractivity contribution in [3.8, 4) is 5.75 Å². The van der Waals surface area contributed by atoms with E-state index < -0.39 is 23.8 Å². The highest BCUT2D eigenvalue weighted by atomic mass is 16.5. The van der Waals surface area contributed by atoms with Crippen LogP contribution in [-0.2, 0) is 16.2 Å². The first kappa shape index (κ1) is 25.2. The first-order chi connectivity index (χ1) is 18.9. The van der Waals surface area contributed by atoms with Gasteiger partial charge in [-0.2, -0.15) is 0 Å². The fraction of sp³-hybridized carbons (Fsp3) is 0.0323. The zero-order valence-electron chi connectivity index (χ0n) is 20.6. The maximum absolute atomic E-state index is 13.6. The number of carbonyl (C=O) groups excluding carboxylic acids is 3. The van der Waals surface area contributed by atoms with Crippen LogP contribution in [0.4, 0.5) is 16.2 Å². The second kappa shape index (κ2) is 10.9. The van der Waals surface area contributed by atoms with Crippen molar-refractivity contribution in [3.63, 3.8) is 0 Å². The standard InChI is InChI=1S/C31H22N2O6/c34-28-26(19-23-9-7-8-14-27(23)39-20-21-15-17-22(18-16-21)30(36)37)29(35)33(25-12-5-2-6-13-25)31(38)32(28)24-10-3-1-4-11-24/h1-19H,20H2,(H,36,37). The van der Waals surface area contributed by atoms with Crippen LogP contribution >= 0.6 is 0 Å². The molecule has 1 saturated heterocycles. The third kappa shape index (κ3) is 5.17. The minimum Gasteiger partial charge on any atom is -0.488 e. The quantitative estimate of drug-likeness (QED) is 0.254. The van der Waals surface area contributed by atoms with Gasteiger partial charge >= 0.3 is 12.0 Å². The number of urea groups is 1. The maximum Gasteiger partial charge on any atom is 0.343 e. The Morgan fingerprint density at radius 3 is 1.74 bits per heavy atom. The van der Waals surface area contributed by atoms with E-state index in [4.69, 9.17) is 9.84 Å². The number of nitrogens with zero attached hydrogens (tertiary/aromatic N) is 2. The molecule has 8 heteroatoms. The summed E-state index contributed by atoms with van der Waals surface area (Å²) < 4.78 is 5.97. The minimum absolute atomic E-state index is 0.132. The molecule has 1 N–H and O–H groups in total. The molecule has 0 aromatic heterocycles. The largest absolute Gasteiger partial charge is 0.488 e. The van der Waals surface area contributed by atoms with Crippen LogP contribution < -0.4 is 14.5 Å². The highest BCUT2D eigenvalue weighted by Gasteiger charge is 2.43. The van der Waals surface area contributed by atoms with Crippen molar-refractivity contribution >= 4 is 41.3 Å². The van der Waals surface area contributed by atoms with E-state index in [2.05, 4.69) is 0 Å². The van der Waals surface area contributed by atoms with Gasteiger partial charge in [0.15, 0.2) is 0 Å². The molecule has 8 nitrogen and oxygen atoms in total. The van der Waals surface area contributed by atoms with Gasteiger partial charge in [0.25, 0.3) is 11.8 Å². The van der Waals surface area contributed by atoms with Gasteiger partial charge < -0.3 is 9.84 Å². The lowest BCUT2D eigenvalue weighted by molar-refractivity contribution is -0.121. The molecule has 0 aliphatic carbocycles. The average Bonchev–Trinajstić information content (AvgIpc) is 2.96. The fourth-order valence-corrected chi connectivity index (χ4v) is 4.13. The summed E-state index contributed by atoms with van der Waals surface area (Å²) in [5, 5.41) is 9.10. The maximum atomic E-state index is 13.6. The van der Waals surface area contributed by atoms with E-state index in [1.807, 2.05) is 0 Å². The van der Waals surface area contributed by atoms with E-state index in [1.165, 1.54) is 18.2 Å². The monoisotopic (exact) mass is 518 g/mol. The number of rotatable bonds is 7. The van der Waals surface area contributed by atoms with E-state index in [9.17, 15) is 19.2 Å². The number of amides is 4. The average molecular weight is 519 g/mol. The van der Waals surface area contributed by atoms with Crippen LogP contribution in [-0.4, -0.2) is 28.9 Å². The molecule has 0 atom stereocenters. The Morgan fingerprint density at radius 2 is 1.21 bits per heavy atom. The smallest absolute Gasteiger partial charge is 0.343 e. The van der Waals surface area contributed by atoms with Crippen molar-refractivity contribution in [2.24, 2.45) is 0 Å². The minimum atomic E-state index is -1.02. The number of benzene rings is 4. The third-order valence-corrected chi connectivity index (χ3v) is 6.09. The first-order valence-corrected chi connectivity index (χ1v) is 12.0. The van der Waals surface area contributed by atoms with Crippen LogP contribution in [0.1, 0.15) is 21.5 Å². The topological polar surface area (TPSA) is 104 Å². The Bertz CT molecular complexity index is 1520. The van der Waals surface area contributed by atoms with Gasteiger partial charge in [-0.25, -0.2) is 19.4 Å². The lowest BCUT2D eigenvalue weighted by Crippen LogP contribution is -2.57. The molecule has 1 heterocycles. The molecule has 5 rings (SSSR count). The van der Waals surface area contributed by atoms with Crippen molar-refractivity contribution in [3.05, 3.63) is 131 Å². The van der Waals surface area contributed by atoms with Crippen molar-refractivity contribution in [1.82, 2.24) is 0 Å². The predicted octanol–water partition coefficient (Wildman–Crippen LogP) is 5.55. The number of hydrogen-bond acceptors (Lipinski definition) is 5. The van der Waals surface area contributed by atoms with Gasteiger partial charge in [0.2, 0.25) is 0 Å². The first-order valence-electron chi connectivity index (χ1n) is 12.0. The number of barbiturate groups is 1. The van der Waals surface area contributed by atoms with Crippen molar-refractivity contribution in [1.29, 1.82) is 0 Å². The molecule has 0 spiro atoms. The molecule has 192 valence electrons. The molecule has 1 fully saturated rings. The predicted molar refractivity (Wildman–Crippen MR) is 145 cm³/mol. The fourth-order valence-electron chi connectivity index (χ4n) is 4.13. The molecule has 1 aliphatic heterocycles. The molecule has 39 heavy (non-hydrogen) atoms. The Balaban J connectivity index is 1.51. The molecule has 0 radical (unpaired) electrons. The molecule has 4 aromatic carbocycles. The molecule has 0 saturated carbocycles. The SMILES string of the molecule is O=C(O)c1ccc(COc2ccccc2C=C2C(=O)N(c3ccccc3)C(=O)N(c3ccccc3)C2=O)cc1. The second-order valence-electron chi connectivity index (χ2n) is 8.62. The number of ether oxygens (including phenoxy) is 1. The van der Waals surface area contributed by atoms with Crippen molar-refractivity contribution < 1.29 is 29.0 Å². The number of para-hydroxylation sites is 3. The highest BCUT2D eigenvalue weighted by Crippen LogP contribution is 2.31. The number of carboxylic acids is 1. The summed E-state index contributed by atoms with van der Waals surface area (Å²) in [6, 6.07) is 29.3. The van der Waals surface area contributed by atoms with Crippen molar-refractivity contribution in [2.45, 2.75) is 6.61 Å². The molecular weight excluding hydrogens is 496 g/mol. The molecule has 0 bridgehead atoms. The lowest BCUT2D eigenvalue weighted by atomic mass is 10.0. The van der Waals surface area contributed by atoms with Crippen LogP contribution in [0.5, 0.6) is 5.75 Å². The Hall–Kier alpha value is -5.50. The molecular formula is C31H22N2O6. The van der Waals surface area contributed by atoms with Crippen LogP contribution in [0.15, 0.2) is 115 Å². The van der Waals surface area contributed by atoms with Gasteiger partial charge in [-0.3, -0.25) is 9.59 Å². The third-order valence-electron chi connectivity index (χ3n) is 6.09. The number of carbonyl (C=O) groups is 4. The summed E-state index contributed by atoms with van der Waals surface area (Å²) in [7, 11) is 0. The number of aromatic carboxylic acids is 1. The summed E-state index contributed by atoms with van der Waals surface area (Å²) in [5.41, 5.74) is 1.83. The molecule has 4 aromatic rings. The van der Waals surface area contributed by atoms with Crippen LogP contribution in [0.25, 0.3) is 6.08 Å². The summed E-state index contributed by atoms with van der Waals surface area (Å²) in [6.07, 6.45) is 1.42. The summed E-state index contributed by atoms with van der Waals surface area (Å²) in [4.78, 5) is 53.7. The highest BCUT2D eigenvalue weighted by molar-refractivity contribution is 6.46. The van der Waals surface area contributed by atoms with Crippen LogP contribution in [0.2, 0.25) is 0 Å². The summed E-state index contributed by atoms with van der Waals surface area (Å²) in [6.45, 7) is 0.132. The summed E-state index contributed by atoms with van der Waals surface area (Å²) in [5.74, 6) is -2.11. The molecule has 0 unspecified atom stereocenters. The number of imide groups is 2. The Labute approximate surface area is 224 Å². The normalized spacial score (nSPS) is 13.4. The zero-order chi connectivity index (χ0) is 27.4. The number of anilines is 2. The van der Waals surface area contributed by atoms with Gasteiger partial charge in [-0.05, 0) is 54.1 Å². The van der Waals surface area contributed by atoms with Gasteiger partial charge in [0, 0.05) is 5.56 Å². The number of carboxylic acid groups (broad SMARTS) is 1. The second-order valence-corrected chi connectivity index (χ2v) is 8.62. The number of hydrogen-bond donors (Lipinski definition) is 1. The lowest BCUT2D eigenvalue weighted by Gasteiger charge is -2.34. The van der Waals surface area contributed by atoms with Gasteiger partial charge in [-0.15, -0.1) is 0 Å².